The van der Waals surface area contributed by atoms with Gasteiger partial charge in [-0.3, -0.25) is 9.78 Å². The van der Waals surface area contributed by atoms with Crippen molar-refractivity contribution >= 4 is 5.78 Å². The molecule has 1 aromatic heterocycles. The van der Waals surface area contributed by atoms with E-state index in [2.05, 4.69) is 16.0 Å². The summed E-state index contributed by atoms with van der Waals surface area (Å²) in [4.78, 5) is 20.0. The predicted molar refractivity (Wildman–Crippen MR) is 59.2 cm³/mol. The van der Waals surface area contributed by atoms with Crippen LogP contribution in [0.3, 0.4) is 0 Å². The normalized spacial score (nSPS) is 17.4. The second kappa shape index (κ2) is 3.52. The lowest BCUT2D eigenvalue weighted by molar-refractivity contribution is 0.0943. The maximum absolute atomic E-state index is 12.1. The highest BCUT2D eigenvalue weighted by Crippen LogP contribution is 2.36. The van der Waals surface area contributed by atoms with Crippen LogP contribution < -0.4 is 0 Å². The number of carbonyl (C=O) groups is 1. The minimum atomic E-state index is -0.0205. The Morgan fingerprint density at radius 1 is 1.25 bits per heavy atom. The number of nitrogens with zero attached hydrogens (tertiary/aromatic N) is 2. The van der Waals surface area contributed by atoms with Gasteiger partial charge in [0.2, 0.25) is 0 Å². The molecule has 16 heavy (non-hydrogen) atoms. The summed E-state index contributed by atoms with van der Waals surface area (Å²) in [5.41, 5.74) is 2.87. The molecule has 0 aliphatic heterocycles. The van der Waals surface area contributed by atoms with E-state index in [1.54, 1.807) is 12.4 Å². The third-order valence-electron chi connectivity index (χ3n) is 2.99. The summed E-state index contributed by atoms with van der Waals surface area (Å²) in [6.07, 6.45) is 5.48. The molecule has 1 aliphatic carbocycles. The lowest BCUT2D eigenvalue weighted by atomic mass is 9.74. The minimum absolute atomic E-state index is 0.0205. The average Bonchev–Trinajstić information content (AvgIpc) is 2.32. The second-order valence-corrected chi connectivity index (χ2v) is 3.91. The molecule has 1 aliphatic rings. The van der Waals surface area contributed by atoms with E-state index >= 15 is 0 Å². The number of aromatic nitrogens is 2. The van der Waals surface area contributed by atoms with Gasteiger partial charge in [0, 0.05) is 12.4 Å². The Balaban J connectivity index is 1.91. The topological polar surface area (TPSA) is 42.9 Å². The molecule has 1 heterocycles. The Morgan fingerprint density at radius 3 is 2.88 bits per heavy atom. The van der Waals surface area contributed by atoms with Gasteiger partial charge in [0.25, 0.3) is 0 Å². The van der Waals surface area contributed by atoms with E-state index in [4.69, 9.17) is 0 Å². The van der Waals surface area contributed by atoms with Crippen molar-refractivity contribution in [3.8, 4) is 0 Å². The molecule has 0 bridgehead atoms. The lowest BCUT2D eigenvalue weighted by Gasteiger charge is -2.28. The number of rotatable bonds is 2. The van der Waals surface area contributed by atoms with Crippen LogP contribution in [0.2, 0.25) is 0 Å². The average molecular weight is 210 g/mol. The molecule has 3 rings (SSSR count). The van der Waals surface area contributed by atoms with Gasteiger partial charge in [-0.1, -0.05) is 24.3 Å². The first-order chi connectivity index (χ1) is 7.86. The second-order valence-electron chi connectivity index (χ2n) is 3.91. The summed E-state index contributed by atoms with van der Waals surface area (Å²) < 4.78 is 0. The van der Waals surface area contributed by atoms with Crippen LogP contribution in [0.15, 0.2) is 42.9 Å². The molecule has 3 heteroatoms. The molecule has 1 unspecified atom stereocenters. The van der Waals surface area contributed by atoms with Crippen molar-refractivity contribution in [1.29, 1.82) is 0 Å². The van der Waals surface area contributed by atoms with Gasteiger partial charge in [0.1, 0.15) is 5.69 Å². The summed E-state index contributed by atoms with van der Waals surface area (Å²) in [6, 6.07) is 8.05. The van der Waals surface area contributed by atoms with E-state index in [0.717, 1.165) is 12.0 Å². The summed E-state index contributed by atoms with van der Waals surface area (Å²) in [5, 5.41) is 0. The number of carbonyl (C=O) groups excluding carboxylic acids is 1. The smallest absolute Gasteiger partial charge is 0.190 e. The Morgan fingerprint density at radius 2 is 2.12 bits per heavy atom. The van der Waals surface area contributed by atoms with Gasteiger partial charge in [-0.2, -0.15) is 0 Å². The molecular formula is C13H10N2O. The van der Waals surface area contributed by atoms with Gasteiger partial charge in [0.05, 0.1) is 12.1 Å². The maximum atomic E-state index is 12.1. The van der Waals surface area contributed by atoms with Gasteiger partial charge in [-0.05, 0) is 17.5 Å². The van der Waals surface area contributed by atoms with Crippen LogP contribution in [0.25, 0.3) is 0 Å². The quantitative estimate of drug-likeness (QED) is 0.712. The Kier molecular flexibility index (Phi) is 2.03. The van der Waals surface area contributed by atoms with Crippen LogP contribution in [0, 0.1) is 0 Å². The largest absolute Gasteiger partial charge is 0.292 e. The summed E-state index contributed by atoms with van der Waals surface area (Å²) in [7, 11) is 0. The van der Waals surface area contributed by atoms with Crippen LogP contribution in [-0.4, -0.2) is 15.8 Å². The first kappa shape index (κ1) is 9.21. The predicted octanol–water partition coefficient (Wildman–Crippen LogP) is 2.00. The Hall–Kier alpha value is -2.03. The number of Topliss-reactive ketones (excluding diaryl/α,β-unsaturated/α-hetero) is 1. The molecule has 0 N–H and O–H groups in total. The van der Waals surface area contributed by atoms with E-state index in [0.29, 0.717) is 5.69 Å². The van der Waals surface area contributed by atoms with E-state index < -0.39 is 0 Å². The van der Waals surface area contributed by atoms with Gasteiger partial charge in [-0.25, -0.2) is 4.98 Å². The molecule has 1 aromatic carbocycles. The zero-order chi connectivity index (χ0) is 11.0. The molecule has 0 saturated carbocycles. The fourth-order valence-corrected chi connectivity index (χ4v) is 2.10. The highest BCUT2D eigenvalue weighted by molar-refractivity contribution is 6.00. The van der Waals surface area contributed by atoms with Crippen molar-refractivity contribution in [2.24, 2.45) is 0 Å². The SMILES string of the molecule is O=C(c1cnccn1)C1Cc2ccccc21. The van der Waals surface area contributed by atoms with Crippen molar-refractivity contribution < 1.29 is 4.79 Å². The van der Waals surface area contributed by atoms with Crippen molar-refractivity contribution in [3.05, 3.63) is 59.7 Å². The Labute approximate surface area is 93.2 Å². The number of hydrogen-bond donors (Lipinski definition) is 0. The van der Waals surface area contributed by atoms with Crippen molar-refractivity contribution in [2.45, 2.75) is 12.3 Å². The van der Waals surface area contributed by atoms with Gasteiger partial charge >= 0.3 is 0 Å². The van der Waals surface area contributed by atoms with Crippen LogP contribution in [-0.2, 0) is 6.42 Å². The van der Waals surface area contributed by atoms with E-state index in [-0.39, 0.29) is 11.7 Å². The molecule has 78 valence electrons. The molecule has 1 atom stereocenters. The van der Waals surface area contributed by atoms with Gasteiger partial charge in [0.15, 0.2) is 5.78 Å². The fraction of sp³-hybridized carbons (Fsp3) is 0.154. The van der Waals surface area contributed by atoms with E-state index in [1.807, 2.05) is 18.2 Å². The molecule has 0 fully saturated rings. The zero-order valence-electron chi connectivity index (χ0n) is 8.63. The van der Waals surface area contributed by atoms with E-state index in [1.165, 1.54) is 11.8 Å². The van der Waals surface area contributed by atoms with Gasteiger partial charge < -0.3 is 0 Å². The maximum Gasteiger partial charge on any atom is 0.190 e. The number of benzene rings is 1. The number of fused-ring (bicyclic) bond motifs is 1. The lowest BCUT2D eigenvalue weighted by Crippen LogP contribution is -2.25. The summed E-state index contributed by atoms with van der Waals surface area (Å²) in [5.74, 6) is 0.0553. The first-order valence-electron chi connectivity index (χ1n) is 5.24. The highest BCUT2D eigenvalue weighted by atomic mass is 16.1. The van der Waals surface area contributed by atoms with Crippen LogP contribution in [0.5, 0.6) is 0 Å². The molecule has 2 aromatic rings. The first-order valence-corrected chi connectivity index (χ1v) is 5.24. The van der Waals surface area contributed by atoms with Crippen molar-refractivity contribution in [3.63, 3.8) is 0 Å². The number of hydrogen-bond acceptors (Lipinski definition) is 3. The van der Waals surface area contributed by atoms with E-state index in [9.17, 15) is 4.79 Å². The standard InChI is InChI=1S/C13H10N2O/c16-13(12-8-14-5-6-15-12)11-7-9-3-1-2-4-10(9)11/h1-6,8,11H,7H2. The summed E-state index contributed by atoms with van der Waals surface area (Å²) in [6.45, 7) is 0. The Bertz CT molecular complexity index is 537. The van der Waals surface area contributed by atoms with Crippen LogP contribution in [0.4, 0.5) is 0 Å². The fourth-order valence-electron chi connectivity index (χ4n) is 2.10. The summed E-state index contributed by atoms with van der Waals surface area (Å²) >= 11 is 0. The molecule has 0 spiro atoms. The monoisotopic (exact) mass is 210 g/mol. The van der Waals surface area contributed by atoms with Crippen LogP contribution >= 0.6 is 0 Å². The number of ketones is 1. The highest BCUT2D eigenvalue weighted by Gasteiger charge is 2.32. The van der Waals surface area contributed by atoms with Gasteiger partial charge in [-0.15, -0.1) is 0 Å². The van der Waals surface area contributed by atoms with Crippen molar-refractivity contribution in [2.75, 3.05) is 0 Å². The third-order valence-corrected chi connectivity index (χ3v) is 2.99. The molecular weight excluding hydrogens is 200 g/mol. The van der Waals surface area contributed by atoms with Crippen molar-refractivity contribution in [1.82, 2.24) is 9.97 Å². The molecule has 3 nitrogen and oxygen atoms in total. The minimum Gasteiger partial charge on any atom is -0.292 e. The zero-order valence-corrected chi connectivity index (χ0v) is 8.63. The molecule has 0 radical (unpaired) electrons. The molecule has 0 saturated heterocycles. The van der Waals surface area contributed by atoms with Crippen LogP contribution in [0.1, 0.15) is 27.5 Å². The third kappa shape index (κ3) is 1.33. The molecule has 0 amide bonds.